The summed E-state index contributed by atoms with van der Waals surface area (Å²) in [4.78, 5) is 12.3. The summed E-state index contributed by atoms with van der Waals surface area (Å²) in [6.07, 6.45) is 1.26. The van der Waals surface area contributed by atoms with Crippen molar-refractivity contribution in [2.45, 2.75) is 18.8 Å². The lowest BCUT2D eigenvalue weighted by Crippen LogP contribution is -2.07. The molecule has 2 aromatic carbocycles. The molecule has 2 unspecified atom stereocenters. The maximum absolute atomic E-state index is 12.3. The van der Waals surface area contributed by atoms with Crippen molar-refractivity contribution in [3.63, 3.8) is 0 Å². The van der Waals surface area contributed by atoms with Crippen LogP contribution in [0.5, 0.6) is 0 Å². The van der Waals surface area contributed by atoms with E-state index in [1.165, 1.54) is 5.56 Å². The number of rotatable bonds is 4. The lowest BCUT2D eigenvalue weighted by molar-refractivity contribution is -0.119. The first-order valence-corrected chi connectivity index (χ1v) is 7.43. The van der Waals surface area contributed by atoms with E-state index in [0.29, 0.717) is 22.4 Å². The van der Waals surface area contributed by atoms with Gasteiger partial charge in [0.2, 0.25) is 0 Å². The third kappa shape index (κ3) is 2.74. The predicted molar refractivity (Wildman–Crippen MR) is 82.5 cm³/mol. The molecular formula is C17H14Cl2O. The fourth-order valence-electron chi connectivity index (χ4n) is 2.63. The van der Waals surface area contributed by atoms with Gasteiger partial charge in [0, 0.05) is 22.4 Å². The van der Waals surface area contributed by atoms with Gasteiger partial charge < -0.3 is 0 Å². The van der Waals surface area contributed by atoms with Crippen LogP contribution in [0.4, 0.5) is 0 Å². The fourth-order valence-corrected chi connectivity index (χ4v) is 3.16. The molecule has 0 radical (unpaired) electrons. The van der Waals surface area contributed by atoms with Crippen molar-refractivity contribution < 1.29 is 4.79 Å². The number of benzene rings is 2. The Balaban J connectivity index is 1.70. The average Bonchev–Trinajstić information content (AvgIpc) is 3.24. The van der Waals surface area contributed by atoms with Gasteiger partial charge in [-0.25, -0.2) is 0 Å². The van der Waals surface area contributed by atoms with Crippen LogP contribution in [-0.4, -0.2) is 5.78 Å². The molecule has 1 aliphatic carbocycles. The van der Waals surface area contributed by atoms with Crippen molar-refractivity contribution in [1.82, 2.24) is 0 Å². The molecule has 0 aliphatic heterocycles. The Morgan fingerprint density at radius 3 is 2.30 bits per heavy atom. The second-order valence-electron chi connectivity index (χ2n) is 5.20. The second kappa shape index (κ2) is 5.59. The standard InChI is InChI=1S/C17H14Cl2O/c18-15-7-4-8-16(19)14(15)10-17(20)13-9-12(13)11-5-2-1-3-6-11/h1-8,12-13H,9-10H2. The summed E-state index contributed by atoms with van der Waals surface area (Å²) in [5.74, 6) is 0.712. The van der Waals surface area contributed by atoms with Gasteiger partial charge in [0.15, 0.2) is 0 Å². The van der Waals surface area contributed by atoms with Crippen molar-refractivity contribution in [3.05, 3.63) is 69.7 Å². The molecule has 0 N–H and O–H groups in total. The van der Waals surface area contributed by atoms with E-state index in [2.05, 4.69) is 12.1 Å². The van der Waals surface area contributed by atoms with Gasteiger partial charge in [-0.05, 0) is 35.6 Å². The van der Waals surface area contributed by atoms with E-state index < -0.39 is 0 Å². The maximum Gasteiger partial charge on any atom is 0.141 e. The fraction of sp³-hybridized carbons (Fsp3) is 0.235. The normalized spacial score (nSPS) is 20.7. The number of hydrogen-bond donors (Lipinski definition) is 0. The van der Waals surface area contributed by atoms with Gasteiger partial charge in [-0.15, -0.1) is 0 Å². The second-order valence-corrected chi connectivity index (χ2v) is 6.02. The van der Waals surface area contributed by atoms with Gasteiger partial charge in [0.05, 0.1) is 0 Å². The van der Waals surface area contributed by atoms with Gasteiger partial charge in [-0.3, -0.25) is 4.79 Å². The van der Waals surface area contributed by atoms with Crippen LogP contribution in [0, 0.1) is 5.92 Å². The quantitative estimate of drug-likeness (QED) is 0.784. The van der Waals surface area contributed by atoms with Crippen molar-refractivity contribution in [2.24, 2.45) is 5.92 Å². The molecule has 1 aliphatic rings. The zero-order valence-electron chi connectivity index (χ0n) is 10.9. The van der Waals surface area contributed by atoms with Crippen molar-refractivity contribution in [3.8, 4) is 0 Å². The van der Waals surface area contributed by atoms with E-state index in [1.807, 2.05) is 18.2 Å². The van der Waals surface area contributed by atoms with E-state index in [4.69, 9.17) is 23.2 Å². The zero-order chi connectivity index (χ0) is 14.1. The molecule has 102 valence electrons. The van der Waals surface area contributed by atoms with Gasteiger partial charge >= 0.3 is 0 Å². The summed E-state index contributed by atoms with van der Waals surface area (Å²) in [5.41, 5.74) is 2.00. The topological polar surface area (TPSA) is 17.1 Å². The summed E-state index contributed by atoms with van der Waals surface area (Å²) in [6.45, 7) is 0. The molecule has 1 nitrogen and oxygen atoms in total. The molecule has 0 bridgehead atoms. The summed E-state index contributed by atoms with van der Waals surface area (Å²) < 4.78 is 0. The highest BCUT2D eigenvalue weighted by Gasteiger charge is 2.43. The highest BCUT2D eigenvalue weighted by Crippen LogP contribution is 2.48. The Kier molecular flexibility index (Phi) is 3.82. The molecular weight excluding hydrogens is 291 g/mol. The largest absolute Gasteiger partial charge is 0.299 e. The number of Topliss-reactive ketones (excluding diaryl/α,β-unsaturated/α-hetero) is 1. The van der Waals surface area contributed by atoms with Crippen LogP contribution in [0.25, 0.3) is 0 Å². The molecule has 0 aromatic heterocycles. The lowest BCUT2D eigenvalue weighted by Gasteiger charge is -2.06. The van der Waals surface area contributed by atoms with Gasteiger partial charge in [0.25, 0.3) is 0 Å². The van der Waals surface area contributed by atoms with Crippen LogP contribution in [0.2, 0.25) is 10.0 Å². The Labute approximate surface area is 128 Å². The van der Waals surface area contributed by atoms with E-state index in [9.17, 15) is 4.79 Å². The van der Waals surface area contributed by atoms with Crippen molar-refractivity contribution in [2.75, 3.05) is 0 Å². The first-order chi connectivity index (χ1) is 9.66. The highest BCUT2D eigenvalue weighted by atomic mass is 35.5. The highest BCUT2D eigenvalue weighted by molar-refractivity contribution is 6.36. The molecule has 3 rings (SSSR count). The number of carbonyl (C=O) groups is 1. The SMILES string of the molecule is O=C(Cc1c(Cl)cccc1Cl)C1CC1c1ccccc1. The molecule has 0 heterocycles. The van der Waals surface area contributed by atoms with Gasteiger partial charge in [-0.1, -0.05) is 59.6 Å². The minimum Gasteiger partial charge on any atom is -0.299 e. The monoisotopic (exact) mass is 304 g/mol. The summed E-state index contributed by atoms with van der Waals surface area (Å²) in [7, 11) is 0. The number of hydrogen-bond acceptors (Lipinski definition) is 1. The van der Waals surface area contributed by atoms with E-state index >= 15 is 0 Å². The summed E-state index contributed by atoms with van der Waals surface area (Å²) >= 11 is 12.2. The Bertz CT molecular complexity index is 616. The molecule has 0 spiro atoms. The molecule has 0 amide bonds. The van der Waals surface area contributed by atoms with Crippen LogP contribution in [0.3, 0.4) is 0 Å². The minimum absolute atomic E-state index is 0.115. The van der Waals surface area contributed by atoms with E-state index in [0.717, 1.165) is 12.0 Å². The Morgan fingerprint density at radius 2 is 1.65 bits per heavy atom. The lowest BCUT2D eigenvalue weighted by atomic mass is 10.0. The van der Waals surface area contributed by atoms with Crippen LogP contribution in [-0.2, 0) is 11.2 Å². The van der Waals surface area contributed by atoms with Crippen LogP contribution in [0.1, 0.15) is 23.5 Å². The summed E-state index contributed by atoms with van der Waals surface area (Å²) in [6, 6.07) is 15.5. The van der Waals surface area contributed by atoms with Crippen LogP contribution < -0.4 is 0 Å². The molecule has 1 fully saturated rings. The van der Waals surface area contributed by atoms with Gasteiger partial charge in [0.1, 0.15) is 5.78 Å². The molecule has 1 saturated carbocycles. The van der Waals surface area contributed by atoms with Crippen molar-refractivity contribution in [1.29, 1.82) is 0 Å². The number of ketones is 1. The number of halogens is 2. The summed E-state index contributed by atoms with van der Waals surface area (Å²) in [5, 5.41) is 1.14. The van der Waals surface area contributed by atoms with Gasteiger partial charge in [-0.2, -0.15) is 0 Å². The minimum atomic E-state index is 0.115. The molecule has 3 heteroatoms. The number of carbonyl (C=O) groups excluding carboxylic acids is 1. The zero-order valence-corrected chi connectivity index (χ0v) is 12.4. The van der Waals surface area contributed by atoms with Crippen LogP contribution >= 0.6 is 23.2 Å². The first kappa shape index (κ1) is 13.7. The van der Waals surface area contributed by atoms with Crippen molar-refractivity contribution >= 4 is 29.0 Å². The third-order valence-corrected chi connectivity index (χ3v) is 4.55. The average molecular weight is 305 g/mol. The predicted octanol–water partition coefficient (Wildman–Crippen LogP) is 4.91. The molecule has 20 heavy (non-hydrogen) atoms. The van der Waals surface area contributed by atoms with Crippen LogP contribution in [0.15, 0.2) is 48.5 Å². The Morgan fingerprint density at radius 1 is 1.00 bits per heavy atom. The first-order valence-electron chi connectivity index (χ1n) is 6.67. The van der Waals surface area contributed by atoms with E-state index in [-0.39, 0.29) is 11.7 Å². The maximum atomic E-state index is 12.3. The molecule has 2 atom stereocenters. The smallest absolute Gasteiger partial charge is 0.141 e. The molecule has 0 saturated heterocycles. The Hall–Kier alpha value is -1.31. The third-order valence-electron chi connectivity index (χ3n) is 3.84. The molecule has 2 aromatic rings. The van der Waals surface area contributed by atoms with E-state index in [1.54, 1.807) is 18.2 Å².